The zero-order valence-electron chi connectivity index (χ0n) is 16.7. The Kier molecular flexibility index (Phi) is 5.21. The second kappa shape index (κ2) is 7.61. The Bertz CT molecular complexity index is 796. The van der Waals surface area contributed by atoms with Crippen LogP contribution in [0.5, 0.6) is 0 Å². The van der Waals surface area contributed by atoms with Crippen LogP contribution in [-0.2, 0) is 9.47 Å². The van der Waals surface area contributed by atoms with Gasteiger partial charge in [-0.1, -0.05) is 74.5 Å². The highest BCUT2D eigenvalue weighted by atomic mass is 16.5. The van der Waals surface area contributed by atoms with Gasteiger partial charge in [-0.25, -0.2) is 0 Å². The van der Waals surface area contributed by atoms with E-state index in [1.165, 1.54) is 28.7 Å². The molecule has 27 heavy (non-hydrogen) atoms. The molecular formula is C25H30O2. The van der Waals surface area contributed by atoms with E-state index in [0.29, 0.717) is 25.0 Å². The summed E-state index contributed by atoms with van der Waals surface area (Å²) in [6.07, 6.45) is 1.41. The number of rotatable bonds is 7. The molecule has 0 spiro atoms. The number of hydrogen-bond acceptors (Lipinski definition) is 2. The second-order valence-electron chi connectivity index (χ2n) is 8.10. The zero-order chi connectivity index (χ0) is 18.9. The summed E-state index contributed by atoms with van der Waals surface area (Å²) in [5.41, 5.74) is 5.76. The third-order valence-corrected chi connectivity index (χ3v) is 6.47. The van der Waals surface area contributed by atoms with Gasteiger partial charge < -0.3 is 9.47 Å². The first-order valence-electron chi connectivity index (χ1n) is 10.2. The lowest BCUT2D eigenvalue weighted by atomic mass is 9.71. The van der Waals surface area contributed by atoms with E-state index < -0.39 is 0 Å². The van der Waals surface area contributed by atoms with Crippen LogP contribution in [0.3, 0.4) is 0 Å². The molecule has 0 saturated heterocycles. The van der Waals surface area contributed by atoms with Crippen molar-refractivity contribution < 1.29 is 9.47 Å². The average molecular weight is 363 g/mol. The van der Waals surface area contributed by atoms with E-state index in [4.69, 9.17) is 9.47 Å². The van der Waals surface area contributed by atoms with Gasteiger partial charge in [0.2, 0.25) is 0 Å². The van der Waals surface area contributed by atoms with Gasteiger partial charge in [0.15, 0.2) is 0 Å². The Morgan fingerprint density at radius 1 is 0.926 bits per heavy atom. The first kappa shape index (κ1) is 18.5. The van der Waals surface area contributed by atoms with Gasteiger partial charge in [-0.05, 0) is 47.5 Å². The molecule has 1 saturated carbocycles. The molecule has 2 heteroatoms. The molecule has 0 unspecified atom stereocenters. The predicted octanol–water partition coefficient (Wildman–Crippen LogP) is 5.70. The number of hydrogen-bond donors (Lipinski definition) is 0. The third kappa shape index (κ3) is 3.15. The number of benzene rings is 2. The topological polar surface area (TPSA) is 18.5 Å². The number of ether oxygens (including phenoxy) is 2. The number of fused-ring (bicyclic) bond motifs is 2. The van der Waals surface area contributed by atoms with Gasteiger partial charge in [0.25, 0.3) is 0 Å². The largest absolute Gasteiger partial charge is 0.379 e. The van der Waals surface area contributed by atoms with Crippen LogP contribution in [0.2, 0.25) is 0 Å². The molecule has 2 aromatic rings. The first-order valence-corrected chi connectivity index (χ1v) is 10.2. The summed E-state index contributed by atoms with van der Waals surface area (Å²) < 4.78 is 11.9. The minimum absolute atomic E-state index is 0.0445. The number of allylic oxidation sites excluding steroid dienone is 1. The van der Waals surface area contributed by atoms with Crippen molar-refractivity contribution in [2.24, 2.45) is 17.3 Å². The quantitative estimate of drug-likeness (QED) is 0.589. The second-order valence-corrected chi connectivity index (χ2v) is 8.10. The fraction of sp³-hybridized carbons (Fsp3) is 0.440. The van der Waals surface area contributed by atoms with E-state index in [0.717, 1.165) is 6.61 Å². The van der Waals surface area contributed by atoms with Crippen LogP contribution in [-0.4, -0.2) is 25.9 Å². The molecule has 4 rings (SSSR count). The summed E-state index contributed by atoms with van der Waals surface area (Å²) in [4.78, 5) is 0. The van der Waals surface area contributed by atoms with Crippen LogP contribution in [0.15, 0.2) is 60.7 Å². The van der Waals surface area contributed by atoms with Crippen LogP contribution in [0, 0.1) is 17.3 Å². The predicted molar refractivity (Wildman–Crippen MR) is 111 cm³/mol. The third-order valence-electron chi connectivity index (χ3n) is 6.47. The summed E-state index contributed by atoms with van der Waals surface area (Å²) in [6, 6.07) is 21.8. The molecule has 0 amide bonds. The van der Waals surface area contributed by atoms with Crippen LogP contribution < -0.4 is 0 Å². The van der Waals surface area contributed by atoms with Crippen molar-refractivity contribution in [3.05, 3.63) is 71.8 Å². The van der Waals surface area contributed by atoms with Crippen molar-refractivity contribution in [1.82, 2.24) is 0 Å². The highest BCUT2D eigenvalue weighted by Crippen LogP contribution is 2.66. The minimum Gasteiger partial charge on any atom is -0.379 e. The minimum atomic E-state index is 0.0445. The lowest BCUT2D eigenvalue weighted by Gasteiger charge is -2.39. The maximum Gasteiger partial charge on any atom is 0.0704 e. The van der Waals surface area contributed by atoms with E-state index in [1.54, 1.807) is 0 Å². The molecule has 2 nitrogen and oxygen atoms in total. The Hall–Kier alpha value is -1.90. The summed E-state index contributed by atoms with van der Waals surface area (Å²) in [6.45, 7) is 8.91. The fourth-order valence-electron chi connectivity index (χ4n) is 5.43. The van der Waals surface area contributed by atoms with Crippen LogP contribution in [0.4, 0.5) is 0 Å². The van der Waals surface area contributed by atoms with E-state index in [-0.39, 0.29) is 11.5 Å². The summed E-state index contributed by atoms with van der Waals surface area (Å²) >= 11 is 0. The molecule has 0 radical (unpaired) electrons. The molecule has 0 aliphatic heterocycles. The van der Waals surface area contributed by atoms with Gasteiger partial charge in [0.1, 0.15) is 0 Å². The van der Waals surface area contributed by atoms with Crippen LogP contribution in [0.25, 0.3) is 11.1 Å². The normalized spacial score (nSPS) is 29.5. The molecule has 0 aromatic heterocycles. The SMILES string of the molecule is CCOCCO[C@@H]1[C@H](C)[C@H]2C[C@]1(C)C(c1ccccc1)=C2c1ccccc1. The standard InChI is InChI=1S/C25H30O2/c1-4-26-15-16-27-24-18(2)21-17-25(24,3)23(20-13-9-6-10-14-20)22(21)19-11-7-5-8-12-19/h5-14,18,21,24H,4,15-17H2,1-3H3/t18-,21-,24-,25-/m1/s1. The van der Waals surface area contributed by atoms with E-state index in [1.807, 2.05) is 6.92 Å². The molecule has 0 heterocycles. The van der Waals surface area contributed by atoms with Gasteiger partial charge in [-0.3, -0.25) is 0 Å². The van der Waals surface area contributed by atoms with Crippen molar-refractivity contribution in [2.75, 3.05) is 19.8 Å². The summed E-state index contributed by atoms with van der Waals surface area (Å²) in [7, 11) is 0. The maximum absolute atomic E-state index is 6.43. The van der Waals surface area contributed by atoms with Crippen molar-refractivity contribution in [2.45, 2.75) is 33.3 Å². The fourth-order valence-corrected chi connectivity index (χ4v) is 5.43. The van der Waals surface area contributed by atoms with Gasteiger partial charge in [-0.15, -0.1) is 0 Å². The lowest BCUT2D eigenvalue weighted by molar-refractivity contribution is -0.0411. The Balaban J connectivity index is 1.76. The highest BCUT2D eigenvalue weighted by molar-refractivity contribution is 5.98. The van der Waals surface area contributed by atoms with E-state index in [9.17, 15) is 0 Å². The average Bonchev–Trinajstić information content (AvgIpc) is 3.15. The molecule has 0 N–H and O–H groups in total. The summed E-state index contributed by atoms with van der Waals surface area (Å²) in [5.74, 6) is 1.06. The molecule has 4 atom stereocenters. The molecule has 142 valence electrons. The lowest BCUT2D eigenvalue weighted by Crippen LogP contribution is -2.37. The van der Waals surface area contributed by atoms with Crippen LogP contribution >= 0.6 is 0 Å². The molecule has 2 aromatic carbocycles. The molecule has 1 fully saturated rings. The van der Waals surface area contributed by atoms with Crippen LogP contribution in [0.1, 0.15) is 38.3 Å². The van der Waals surface area contributed by atoms with Gasteiger partial charge >= 0.3 is 0 Å². The Morgan fingerprint density at radius 3 is 2.19 bits per heavy atom. The van der Waals surface area contributed by atoms with Gasteiger partial charge in [-0.2, -0.15) is 0 Å². The first-order chi connectivity index (χ1) is 13.2. The highest BCUT2D eigenvalue weighted by Gasteiger charge is 2.58. The Morgan fingerprint density at radius 2 is 1.56 bits per heavy atom. The van der Waals surface area contributed by atoms with Crippen molar-refractivity contribution >= 4 is 11.1 Å². The van der Waals surface area contributed by atoms with Crippen molar-refractivity contribution in [3.63, 3.8) is 0 Å². The molecule has 2 aliphatic rings. The smallest absolute Gasteiger partial charge is 0.0704 e. The van der Waals surface area contributed by atoms with E-state index >= 15 is 0 Å². The van der Waals surface area contributed by atoms with Gasteiger partial charge in [0.05, 0.1) is 19.3 Å². The Labute approximate surface area is 163 Å². The maximum atomic E-state index is 6.43. The van der Waals surface area contributed by atoms with Gasteiger partial charge in [0, 0.05) is 12.0 Å². The molecular weight excluding hydrogens is 332 g/mol. The summed E-state index contributed by atoms with van der Waals surface area (Å²) in [5, 5.41) is 0. The zero-order valence-corrected chi connectivity index (χ0v) is 16.7. The monoisotopic (exact) mass is 362 g/mol. The molecule has 2 bridgehead atoms. The molecule has 2 aliphatic carbocycles. The van der Waals surface area contributed by atoms with E-state index in [2.05, 4.69) is 74.5 Å². The van der Waals surface area contributed by atoms with Crippen molar-refractivity contribution in [1.29, 1.82) is 0 Å². The van der Waals surface area contributed by atoms with Crippen molar-refractivity contribution in [3.8, 4) is 0 Å².